The molecule has 4 rings (SSSR count). The minimum absolute atomic E-state index is 0.263. The normalized spacial score (nSPS) is 15.7. The molecule has 2 heterocycles. The van der Waals surface area contributed by atoms with E-state index in [1.54, 1.807) is 12.1 Å². The second kappa shape index (κ2) is 9.31. The van der Waals surface area contributed by atoms with E-state index < -0.39 is 6.10 Å². The van der Waals surface area contributed by atoms with Gasteiger partial charge in [0.2, 0.25) is 0 Å². The number of aromatic nitrogens is 2. The molecule has 0 bridgehead atoms. The lowest BCUT2D eigenvalue weighted by atomic mass is 10.1. The van der Waals surface area contributed by atoms with Crippen LogP contribution in [0.3, 0.4) is 0 Å². The highest BCUT2D eigenvalue weighted by Crippen LogP contribution is 2.24. The monoisotopic (exact) mass is 394 g/mol. The van der Waals surface area contributed by atoms with Gasteiger partial charge >= 0.3 is 0 Å². The average molecular weight is 394 g/mol. The molecule has 0 aliphatic carbocycles. The van der Waals surface area contributed by atoms with E-state index in [1.165, 1.54) is 25.0 Å². The molecule has 1 atom stereocenters. The molecule has 0 saturated carbocycles. The van der Waals surface area contributed by atoms with E-state index in [1.807, 2.05) is 41.2 Å². The Bertz CT molecular complexity index is 904. The molecule has 1 fully saturated rings. The number of para-hydroxylation sites is 1. The van der Waals surface area contributed by atoms with E-state index >= 15 is 0 Å². The maximum Gasteiger partial charge on any atom is 0.123 e. The molecular formula is C23H27FN4O. The number of nitrogens with zero attached hydrogens (tertiary/aromatic N) is 3. The Morgan fingerprint density at radius 1 is 1.03 bits per heavy atom. The summed E-state index contributed by atoms with van der Waals surface area (Å²) in [6.07, 6.45) is 4.04. The first-order valence-corrected chi connectivity index (χ1v) is 10.2. The zero-order valence-electron chi connectivity index (χ0n) is 16.5. The maximum atomic E-state index is 13.4. The summed E-state index contributed by atoms with van der Waals surface area (Å²) in [6.45, 7) is 3.97. The highest BCUT2D eigenvalue weighted by Gasteiger charge is 2.16. The minimum atomic E-state index is -0.397. The van der Waals surface area contributed by atoms with Crippen molar-refractivity contribution in [2.75, 3.05) is 26.2 Å². The Labute approximate surface area is 170 Å². The summed E-state index contributed by atoms with van der Waals surface area (Å²) in [5, 5.41) is 18.4. The van der Waals surface area contributed by atoms with Crippen LogP contribution in [0.5, 0.6) is 0 Å². The Kier molecular flexibility index (Phi) is 6.34. The zero-order chi connectivity index (χ0) is 20.1. The molecule has 2 N–H and O–H groups in total. The van der Waals surface area contributed by atoms with E-state index in [2.05, 4.69) is 10.2 Å². The lowest BCUT2D eigenvalue weighted by Gasteiger charge is -2.19. The lowest BCUT2D eigenvalue weighted by Crippen LogP contribution is -2.36. The van der Waals surface area contributed by atoms with E-state index in [-0.39, 0.29) is 5.82 Å². The molecule has 0 amide bonds. The fourth-order valence-corrected chi connectivity index (χ4v) is 3.80. The molecule has 0 spiro atoms. The smallest absolute Gasteiger partial charge is 0.123 e. The summed E-state index contributed by atoms with van der Waals surface area (Å²) in [5.41, 5.74) is 3.66. The first-order chi connectivity index (χ1) is 14.2. The quantitative estimate of drug-likeness (QED) is 0.616. The molecule has 1 saturated heterocycles. The molecule has 6 heteroatoms. The third-order valence-corrected chi connectivity index (χ3v) is 5.29. The molecule has 1 aromatic heterocycles. The van der Waals surface area contributed by atoms with Crippen molar-refractivity contribution >= 4 is 0 Å². The molecule has 3 aromatic rings. The summed E-state index contributed by atoms with van der Waals surface area (Å²) in [7, 11) is 0. The van der Waals surface area contributed by atoms with Crippen molar-refractivity contribution in [1.29, 1.82) is 0 Å². The number of rotatable bonds is 8. The molecule has 2 aromatic carbocycles. The van der Waals surface area contributed by atoms with E-state index in [0.29, 0.717) is 19.6 Å². The summed E-state index contributed by atoms with van der Waals surface area (Å²) < 4.78 is 15.2. The van der Waals surface area contributed by atoms with Crippen LogP contribution in [0, 0.1) is 5.82 Å². The predicted molar refractivity (Wildman–Crippen MR) is 112 cm³/mol. The van der Waals surface area contributed by atoms with E-state index in [9.17, 15) is 9.50 Å². The topological polar surface area (TPSA) is 53.3 Å². The first kappa shape index (κ1) is 19.8. The van der Waals surface area contributed by atoms with Gasteiger partial charge in [0, 0.05) is 37.0 Å². The van der Waals surface area contributed by atoms with Crippen molar-refractivity contribution < 1.29 is 9.50 Å². The van der Waals surface area contributed by atoms with Crippen LogP contribution in [-0.2, 0) is 6.54 Å². The van der Waals surface area contributed by atoms with Crippen LogP contribution in [-0.4, -0.2) is 52.1 Å². The van der Waals surface area contributed by atoms with Crippen LogP contribution in [0.4, 0.5) is 4.39 Å². The van der Waals surface area contributed by atoms with Gasteiger partial charge in [0.1, 0.15) is 5.82 Å². The van der Waals surface area contributed by atoms with Gasteiger partial charge in [-0.1, -0.05) is 18.2 Å². The molecule has 29 heavy (non-hydrogen) atoms. The number of nitrogens with one attached hydrogen (secondary N) is 1. The van der Waals surface area contributed by atoms with Gasteiger partial charge in [0.25, 0.3) is 0 Å². The van der Waals surface area contributed by atoms with Crippen LogP contribution in [0.15, 0.2) is 60.8 Å². The number of aliphatic hydroxyl groups is 1. The SMILES string of the molecule is OC(CNCc1cn(-c2ccccc2)nc1-c1ccc(F)cc1)CN1CCCC1. The number of aliphatic hydroxyl groups excluding tert-OH is 1. The lowest BCUT2D eigenvalue weighted by molar-refractivity contribution is 0.123. The molecule has 0 radical (unpaired) electrons. The minimum Gasteiger partial charge on any atom is -0.390 e. The molecule has 1 aliphatic rings. The molecule has 1 unspecified atom stereocenters. The summed E-state index contributed by atoms with van der Waals surface area (Å²) in [4.78, 5) is 2.31. The predicted octanol–water partition coefficient (Wildman–Crippen LogP) is 3.22. The number of β-amino-alcohol motifs (C(OH)–C–C–N with tert-alkyl or cyclic N) is 1. The molecule has 1 aliphatic heterocycles. The average Bonchev–Trinajstić information content (AvgIpc) is 3.39. The summed E-state index contributed by atoms with van der Waals surface area (Å²) in [6, 6.07) is 16.3. The number of benzene rings is 2. The number of hydrogen-bond acceptors (Lipinski definition) is 4. The maximum absolute atomic E-state index is 13.4. The van der Waals surface area contributed by atoms with Crippen molar-refractivity contribution in [3.05, 3.63) is 72.2 Å². The fraction of sp³-hybridized carbons (Fsp3) is 0.348. The van der Waals surface area contributed by atoms with Crippen molar-refractivity contribution in [1.82, 2.24) is 20.0 Å². The van der Waals surface area contributed by atoms with Gasteiger partial charge in [-0.25, -0.2) is 9.07 Å². The van der Waals surface area contributed by atoms with Crippen LogP contribution in [0.2, 0.25) is 0 Å². The Morgan fingerprint density at radius 3 is 2.48 bits per heavy atom. The van der Waals surface area contributed by atoms with Gasteiger partial charge < -0.3 is 15.3 Å². The number of halogens is 1. The van der Waals surface area contributed by atoms with Crippen molar-refractivity contribution in [2.45, 2.75) is 25.5 Å². The molecular weight excluding hydrogens is 367 g/mol. The van der Waals surface area contributed by atoms with Crippen LogP contribution < -0.4 is 5.32 Å². The van der Waals surface area contributed by atoms with E-state index in [4.69, 9.17) is 5.10 Å². The molecule has 5 nitrogen and oxygen atoms in total. The van der Waals surface area contributed by atoms with Gasteiger partial charge in [-0.2, -0.15) is 5.10 Å². The molecule has 152 valence electrons. The van der Waals surface area contributed by atoms with Crippen molar-refractivity contribution in [3.8, 4) is 16.9 Å². The van der Waals surface area contributed by atoms with Gasteiger partial charge in [0.05, 0.1) is 17.5 Å². The van der Waals surface area contributed by atoms with Crippen LogP contribution in [0.25, 0.3) is 16.9 Å². The number of likely N-dealkylation sites (tertiary alicyclic amines) is 1. The number of hydrogen-bond donors (Lipinski definition) is 2. The Hall–Kier alpha value is -2.54. The second-order valence-corrected chi connectivity index (χ2v) is 7.58. The van der Waals surface area contributed by atoms with Crippen molar-refractivity contribution in [3.63, 3.8) is 0 Å². The van der Waals surface area contributed by atoms with Crippen LogP contribution in [0.1, 0.15) is 18.4 Å². The third kappa shape index (κ3) is 5.09. The van der Waals surface area contributed by atoms with Gasteiger partial charge in [-0.15, -0.1) is 0 Å². The Morgan fingerprint density at radius 2 is 1.76 bits per heavy atom. The van der Waals surface area contributed by atoms with Gasteiger partial charge in [-0.3, -0.25) is 0 Å². The second-order valence-electron chi connectivity index (χ2n) is 7.58. The van der Waals surface area contributed by atoms with Gasteiger partial charge in [-0.05, 0) is 62.3 Å². The highest BCUT2D eigenvalue weighted by atomic mass is 19.1. The first-order valence-electron chi connectivity index (χ1n) is 10.2. The highest BCUT2D eigenvalue weighted by molar-refractivity contribution is 5.63. The zero-order valence-corrected chi connectivity index (χ0v) is 16.5. The Balaban J connectivity index is 1.48. The summed E-state index contributed by atoms with van der Waals surface area (Å²) in [5.74, 6) is -0.263. The fourth-order valence-electron chi connectivity index (χ4n) is 3.80. The summed E-state index contributed by atoms with van der Waals surface area (Å²) >= 11 is 0. The largest absolute Gasteiger partial charge is 0.390 e. The standard InChI is InChI=1S/C23H27FN4O/c24-20-10-8-18(9-11-20)23-19(16-28(26-23)21-6-2-1-3-7-21)14-25-15-22(29)17-27-12-4-5-13-27/h1-3,6-11,16,22,25,29H,4-5,12-15,17H2. The van der Waals surface area contributed by atoms with Gasteiger partial charge in [0.15, 0.2) is 0 Å². The van der Waals surface area contributed by atoms with E-state index in [0.717, 1.165) is 35.6 Å². The van der Waals surface area contributed by atoms with Crippen molar-refractivity contribution in [2.24, 2.45) is 0 Å². The third-order valence-electron chi connectivity index (χ3n) is 5.29. The van der Waals surface area contributed by atoms with Crippen LogP contribution >= 0.6 is 0 Å².